The summed E-state index contributed by atoms with van der Waals surface area (Å²) in [5.41, 5.74) is 0.675. The van der Waals surface area contributed by atoms with Crippen LogP contribution in [0.15, 0.2) is 49.1 Å². The molecule has 0 fully saturated rings. The van der Waals surface area contributed by atoms with Crippen molar-refractivity contribution in [2.75, 3.05) is 0 Å². The van der Waals surface area contributed by atoms with Gasteiger partial charge in [0.15, 0.2) is 0 Å². The number of nitrogens with zero attached hydrogens (tertiary/aromatic N) is 8. The van der Waals surface area contributed by atoms with Gasteiger partial charge in [0, 0.05) is 0 Å². The van der Waals surface area contributed by atoms with Crippen LogP contribution >= 0.6 is 0 Å². The fourth-order valence-corrected chi connectivity index (χ4v) is 12.1. The van der Waals surface area contributed by atoms with E-state index < -0.39 is 23.3 Å². The molecular formula is C18H14F4N8Se2. The Morgan fingerprint density at radius 1 is 0.688 bits per heavy atom. The molecule has 8 nitrogen and oxygen atoms in total. The minimum absolute atomic E-state index is 0.253. The molecule has 0 saturated carbocycles. The van der Waals surface area contributed by atoms with Gasteiger partial charge in [-0.25, -0.2) is 0 Å². The third-order valence-electron chi connectivity index (χ3n) is 4.40. The Balaban J connectivity index is 1.61. The van der Waals surface area contributed by atoms with E-state index in [2.05, 4.69) is 31.1 Å². The van der Waals surface area contributed by atoms with Crippen molar-refractivity contribution in [3.8, 4) is 0 Å². The van der Waals surface area contributed by atoms with E-state index in [0.717, 1.165) is 12.1 Å². The SMILES string of the molecule is Fc1ccc(C(Cn2cnnn2)[Se][Se]C(Cn2cnnn2)c2ccc(F)cc2F)c(F)c1. The molecule has 0 saturated heterocycles. The van der Waals surface area contributed by atoms with Gasteiger partial charge in [0.05, 0.1) is 0 Å². The Hall–Kier alpha value is -2.66. The Bertz CT molecular complexity index is 1070. The zero-order valence-corrected chi connectivity index (χ0v) is 19.5. The second-order valence-corrected chi connectivity index (χ2v) is 14.0. The molecule has 4 aromatic rings. The fraction of sp³-hybridized carbons (Fsp3) is 0.222. The first-order valence-corrected chi connectivity index (χ1v) is 15.4. The summed E-state index contributed by atoms with van der Waals surface area (Å²) in [4.78, 5) is -0.682. The van der Waals surface area contributed by atoms with Gasteiger partial charge in [-0.3, -0.25) is 0 Å². The molecule has 0 bridgehead atoms. The number of rotatable bonds is 9. The fourth-order valence-electron chi connectivity index (χ4n) is 2.89. The van der Waals surface area contributed by atoms with Crippen LogP contribution in [-0.2, 0) is 13.1 Å². The Kier molecular flexibility index (Phi) is 7.25. The molecule has 14 heteroatoms. The third-order valence-corrected chi connectivity index (χ3v) is 13.6. The van der Waals surface area contributed by atoms with Crippen molar-refractivity contribution in [2.24, 2.45) is 0 Å². The van der Waals surface area contributed by atoms with Crippen molar-refractivity contribution in [3.63, 3.8) is 0 Å². The van der Waals surface area contributed by atoms with Crippen molar-refractivity contribution >= 4 is 26.3 Å². The van der Waals surface area contributed by atoms with Crippen LogP contribution in [0.2, 0.25) is 0 Å². The first-order chi connectivity index (χ1) is 15.5. The predicted octanol–water partition coefficient (Wildman–Crippen LogP) is 1.72. The Morgan fingerprint density at radius 2 is 1.12 bits per heavy atom. The zero-order valence-electron chi connectivity index (χ0n) is 16.1. The topological polar surface area (TPSA) is 87.2 Å². The van der Waals surface area contributed by atoms with Gasteiger partial charge in [0.2, 0.25) is 0 Å². The third kappa shape index (κ3) is 5.57. The summed E-state index contributed by atoms with van der Waals surface area (Å²) in [6.07, 6.45) is 2.82. The molecule has 4 rings (SSSR count). The molecule has 0 aliphatic rings. The molecule has 2 heterocycles. The Morgan fingerprint density at radius 3 is 1.47 bits per heavy atom. The number of benzene rings is 2. The normalized spacial score (nSPS) is 13.2. The first kappa shape index (κ1) is 22.5. The molecular weight excluding hydrogens is 562 g/mol. The number of halogens is 4. The molecule has 2 atom stereocenters. The van der Waals surface area contributed by atoms with Gasteiger partial charge in [-0.05, 0) is 0 Å². The van der Waals surface area contributed by atoms with Crippen LogP contribution in [0.1, 0.15) is 20.8 Å². The molecule has 2 unspecified atom stereocenters. The van der Waals surface area contributed by atoms with Gasteiger partial charge in [0.25, 0.3) is 0 Å². The Labute approximate surface area is 190 Å². The van der Waals surface area contributed by atoms with E-state index in [9.17, 15) is 17.6 Å². The van der Waals surface area contributed by atoms with E-state index in [1.807, 2.05) is 0 Å². The van der Waals surface area contributed by atoms with Crippen molar-refractivity contribution in [1.82, 2.24) is 40.4 Å². The summed E-state index contributed by atoms with van der Waals surface area (Å²) >= 11 is -0.506. The van der Waals surface area contributed by atoms with Crippen LogP contribution in [0, 0.1) is 23.3 Å². The van der Waals surface area contributed by atoms with Gasteiger partial charge in [-0.2, -0.15) is 0 Å². The van der Waals surface area contributed by atoms with E-state index >= 15 is 0 Å². The molecule has 0 radical (unpaired) electrons. The summed E-state index contributed by atoms with van der Waals surface area (Å²) in [6, 6.07) is 6.89. The molecule has 0 amide bonds. The number of tetrazole rings is 2. The second kappa shape index (κ2) is 10.3. The number of aromatic nitrogens is 8. The average Bonchev–Trinajstić information content (AvgIpc) is 3.45. The maximum absolute atomic E-state index is 14.6. The summed E-state index contributed by atoms with van der Waals surface area (Å²) in [5, 5.41) is 22.1. The van der Waals surface area contributed by atoms with Gasteiger partial charge in [0.1, 0.15) is 0 Å². The quantitative estimate of drug-likeness (QED) is 0.223. The molecule has 0 spiro atoms. The summed E-state index contributed by atoms with van der Waals surface area (Å²) in [5.74, 6) is -2.66. The van der Waals surface area contributed by atoms with E-state index in [1.165, 1.54) is 46.3 Å². The van der Waals surface area contributed by atoms with E-state index in [4.69, 9.17) is 0 Å². The van der Waals surface area contributed by atoms with E-state index in [-0.39, 0.29) is 49.0 Å². The summed E-state index contributed by atoms with van der Waals surface area (Å²) in [6.45, 7) is 0.557. The number of hydrogen-bond donors (Lipinski definition) is 0. The van der Waals surface area contributed by atoms with Crippen molar-refractivity contribution in [2.45, 2.75) is 22.7 Å². The zero-order chi connectivity index (χ0) is 22.5. The molecule has 2 aromatic heterocycles. The van der Waals surface area contributed by atoms with Gasteiger partial charge >= 0.3 is 190 Å². The predicted molar refractivity (Wildman–Crippen MR) is 105 cm³/mol. The van der Waals surface area contributed by atoms with Crippen LogP contribution in [0.25, 0.3) is 0 Å². The molecule has 0 aliphatic carbocycles. The molecule has 2 aromatic carbocycles. The summed E-state index contributed by atoms with van der Waals surface area (Å²) in [7, 11) is 0. The molecule has 0 N–H and O–H groups in total. The standard InChI is InChI=1S/C18H14F4N8Se2/c19-11-1-3-13(15(21)5-11)17(7-29-9-23-25-27-29)31-32-18(8-30-10-24-26-28-30)14-4-2-12(20)6-16(14)22/h1-6,9-10,17-18H,7-8H2. The van der Waals surface area contributed by atoms with Gasteiger partial charge in [-0.1, -0.05) is 0 Å². The van der Waals surface area contributed by atoms with Crippen LogP contribution in [-0.4, -0.2) is 66.7 Å². The summed E-state index contributed by atoms with van der Waals surface area (Å²) < 4.78 is 59.0. The van der Waals surface area contributed by atoms with Crippen LogP contribution in [0.5, 0.6) is 0 Å². The minimum atomic E-state index is -0.671. The molecule has 166 valence electrons. The van der Waals surface area contributed by atoms with Gasteiger partial charge in [-0.15, -0.1) is 0 Å². The monoisotopic (exact) mass is 578 g/mol. The van der Waals surface area contributed by atoms with Crippen LogP contribution in [0.3, 0.4) is 0 Å². The van der Waals surface area contributed by atoms with Crippen LogP contribution < -0.4 is 0 Å². The number of hydrogen-bond acceptors (Lipinski definition) is 6. The van der Waals surface area contributed by atoms with Crippen LogP contribution in [0.4, 0.5) is 17.6 Å². The average molecular weight is 576 g/mol. The van der Waals surface area contributed by atoms with Crippen molar-refractivity contribution in [3.05, 3.63) is 83.4 Å². The van der Waals surface area contributed by atoms with Crippen molar-refractivity contribution in [1.29, 1.82) is 0 Å². The van der Waals surface area contributed by atoms with Crippen molar-refractivity contribution < 1.29 is 17.6 Å². The first-order valence-electron chi connectivity index (χ1n) is 9.13. The van der Waals surface area contributed by atoms with Gasteiger partial charge < -0.3 is 0 Å². The van der Waals surface area contributed by atoms with E-state index in [1.54, 1.807) is 0 Å². The molecule has 0 aliphatic heterocycles. The maximum atomic E-state index is 14.6. The second-order valence-electron chi connectivity index (χ2n) is 6.57. The molecule has 32 heavy (non-hydrogen) atoms. The van der Waals surface area contributed by atoms with E-state index in [0.29, 0.717) is 11.1 Å².